The van der Waals surface area contributed by atoms with Gasteiger partial charge in [0.25, 0.3) is 0 Å². The summed E-state index contributed by atoms with van der Waals surface area (Å²) in [5.74, 6) is -0.303. The van der Waals surface area contributed by atoms with Gasteiger partial charge < -0.3 is 15.7 Å². The number of aromatic carboxylic acids is 1. The van der Waals surface area contributed by atoms with Gasteiger partial charge >= 0.3 is 12.0 Å². The molecule has 5 heteroatoms. The van der Waals surface area contributed by atoms with Crippen LogP contribution in [0, 0.1) is 12.8 Å². The molecular formula is C16H22N2O3. The predicted octanol–water partition coefficient (Wildman–Crippen LogP) is 3.39. The molecule has 0 aliphatic heterocycles. The third-order valence-electron chi connectivity index (χ3n) is 3.88. The molecule has 2 rings (SSSR count). The maximum Gasteiger partial charge on any atom is 0.337 e. The van der Waals surface area contributed by atoms with Gasteiger partial charge in [-0.3, -0.25) is 0 Å². The zero-order valence-corrected chi connectivity index (χ0v) is 12.5. The van der Waals surface area contributed by atoms with Gasteiger partial charge in [0.1, 0.15) is 0 Å². The van der Waals surface area contributed by atoms with Crippen molar-refractivity contribution in [2.24, 2.45) is 5.92 Å². The molecular weight excluding hydrogens is 268 g/mol. The Morgan fingerprint density at radius 3 is 2.67 bits per heavy atom. The average molecular weight is 290 g/mol. The van der Waals surface area contributed by atoms with E-state index < -0.39 is 5.97 Å². The lowest BCUT2D eigenvalue weighted by molar-refractivity contribution is 0.0698. The normalized spacial score (nSPS) is 15.3. The van der Waals surface area contributed by atoms with Crippen LogP contribution >= 0.6 is 0 Å². The Balaban J connectivity index is 2.03. The van der Waals surface area contributed by atoms with Crippen molar-refractivity contribution < 1.29 is 14.7 Å². The zero-order valence-electron chi connectivity index (χ0n) is 12.5. The Bertz CT molecular complexity index is 538. The molecule has 1 atom stereocenters. The molecule has 0 saturated heterocycles. The van der Waals surface area contributed by atoms with Crippen LogP contribution in [0.25, 0.3) is 0 Å². The molecule has 5 nitrogen and oxygen atoms in total. The van der Waals surface area contributed by atoms with Crippen LogP contribution in [0.2, 0.25) is 0 Å². The van der Waals surface area contributed by atoms with Gasteiger partial charge in [0.2, 0.25) is 0 Å². The highest BCUT2D eigenvalue weighted by Crippen LogP contribution is 2.34. The molecule has 114 valence electrons. The standard InChI is InChI=1S/C16H22N2O3/c1-3-12(9-11-7-8-11)17-16(21)18-14-10(2)5-4-6-13(14)15(19)20/h4-6,11-12H,3,7-9H2,1-2H3,(H,19,20)(H2,17,18,21). The minimum absolute atomic E-state index is 0.111. The highest BCUT2D eigenvalue weighted by molar-refractivity contribution is 6.01. The van der Waals surface area contributed by atoms with E-state index in [1.807, 2.05) is 6.92 Å². The predicted molar refractivity (Wildman–Crippen MR) is 81.7 cm³/mol. The van der Waals surface area contributed by atoms with E-state index in [0.29, 0.717) is 5.69 Å². The quantitative estimate of drug-likeness (QED) is 0.751. The summed E-state index contributed by atoms with van der Waals surface area (Å²) in [4.78, 5) is 23.3. The van der Waals surface area contributed by atoms with Crippen molar-refractivity contribution in [2.45, 2.75) is 45.6 Å². The van der Waals surface area contributed by atoms with E-state index in [-0.39, 0.29) is 17.6 Å². The van der Waals surface area contributed by atoms with E-state index in [1.165, 1.54) is 18.9 Å². The van der Waals surface area contributed by atoms with Crippen LogP contribution in [0.1, 0.15) is 48.5 Å². The van der Waals surface area contributed by atoms with E-state index in [2.05, 4.69) is 10.6 Å². The number of para-hydroxylation sites is 1. The monoisotopic (exact) mass is 290 g/mol. The smallest absolute Gasteiger partial charge is 0.337 e. The number of nitrogens with one attached hydrogen (secondary N) is 2. The van der Waals surface area contributed by atoms with E-state index >= 15 is 0 Å². The number of aryl methyl sites for hydroxylation is 1. The summed E-state index contributed by atoms with van der Waals surface area (Å²) in [5.41, 5.74) is 1.21. The zero-order chi connectivity index (χ0) is 15.4. The summed E-state index contributed by atoms with van der Waals surface area (Å²) in [6.45, 7) is 3.83. The number of carbonyl (C=O) groups is 2. The molecule has 0 aromatic heterocycles. The van der Waals surface area contributed by atoms with Crippen molar-refractivity contribution in [2.75, 3.05) is 5.32 Å². The van der Waals surface area contributed by atoms with Gasteiger partial charge in [-0.05, 0) is 37.3 Å². The van der Waals surface area contributed by atoms with Gasteiger partial charge in [-0.25, -0.2) is 9.59 Å². The fourth-order valence-corrected chi connectivity index (χ4v) is 2.43. The SMILES string of the molecule is CCC(CC1CC1)NC(=O)Nc1c(C)cccc1C(=O)O. The molecule has 0 heterocycles. The molecule has 1 aromatic rings. The molecule has 0 radical (unpaired) electrons. The van der Waals surface area contributed by atoms with Crippen LogP contribution < -0.4 is 10.6 Å². The Labute approximate surface area is 124 Å². The van der Waals surface area contributed by atoms with Crippen LogP contribution in [0.15, 0.2) is 18.2 Å². The molecule has 1 aromatic carbocycles. The maximum atomic E-state index is 12.1. The minimum atomic E-state index is -1.04. The second kappa shape index (κ2) is 6.61. The number of anilines is 1. The third kappa shape index (κ3) is 4.21. The second-order valence-electron chi connectivity index (χ2n) is 5.69. The summed E-state index contributed by atoms with van der Waals surface area (Å²) in [6, 6.07) is 4.76. The Morgan fingerprint density at radius 2 is 2.10 bits per heavy atom. The Morgan fingerprint density at radius 1 is 1.38 bits per heavy atom. The van der Waals surface area contributed by atoms with Crippen molar-refractivity contribution in [1.29, 1.82) is 0 Å². The van der Waals surface area contributed by atoms with Crippen molar-refractivity contribution in [3.63, 3.8) is 0 Å². The molecule has 0 bridgehead atoms. The Kier molecular flexibility index (Phi) is 4.83. The van der Waals surface area contributed by atoms with Gasteiger partial charge in [-0.1, -0.05) is 31.9 Å². The van der Waals surface area contributed by atoms with E-state index in [1.54, 1.807) is 19.1 Å². The lowest BCUT2D eigenvalue weighted by Gasteiger charge is -2.18. The van der Waals surface area contributed by atoms with Crippen molar-refractivity contribution in [3.8, 4) is 0 Å². The molecule has 1 aliphatic rings. The van der Waals surface area contributed by atoms with Crippen LogP contribution in [0.4, 0.5) is 10.5 Å². The first-order chi connectivity index (χ1) is 10.0. The highest BCUT2D eigenvalue weighted by atomic mass is 16.4. The summed E-state index contributed by atoms with van der Waals surface area (Å²) in [7, 11) is 0. The number of carboxylic acids is 1. The fourth-order valence-electron chi connectivity index (χ4n) is 2.43. The van der Waals surface area contributed by atoms with Gasteiger partial charge in [0.15, 0.2) is 0 Å². The van der Waals surface area contributed by atoms with Gasteiger partial charge in [0.05, 0.1) is 11.3 Å². The second-order valence-corrected chi connectivity index (χ2v) is 5.69. The molecule has 0 spiro atoms. The van der Waals surface area contributed by atoms with E-state index in [0.717, 1.165) is 24.3 Å². The minimum Gasteiger partial charge on any atom is -0.478 e. The number of hydrogen-bond acceptors (Lipinski definition) is 2. The van der Waals surface area contributed by atoms with Crippen LogP contribution in [0.5, 0.6) is 0 Å². The van der Waals surface area contributed by atoms with Gasteiger partial charge in [-0.2, -0.15) is 0 Å². The molecule has 1 fully saturated rings. The largest absolute Gasteiger partial charge is 0.478 e. The lowest BCUT2D eigenvalue weighted by Crippen LogP contribution is -2.38. The molecule has 2 amide bonds. The third-order valence-corrected chi connectivity index (χ3v) is 3.88. The molecule has 3 N–H and O–H groups in total. The number of carboxylic acid groups (broad SMARTS) is 1. The lowest BCUT2D eigenvalue weighted by atomic mass is 10.1. The van der Waals surface area contributed by atoms with Gasteiger partial charge in [-0.15, -0.1) is 0 Å². The fraction of sp³-hybridized carbons (Fsp3) is 0.500. The first kappa shape index (κ1) is 15.4. The molecule has 21 heavy (non-hydrogen) atoms. The topological polar surface area (TPSA) is 78.4 Å². The number of benzene rings is 1. The van der Waals surface area contributed by atoms with E-state index in [4.69, 9.17) is 0 Å². The molecule has 1 unspecified atom stereocenters. The van der Waals surface area contributed by atoms with Crippen LogP contribution in [-0.4, -0.2) is 23.1 Å². The summed E-state index contributed by atoms with van der Waals surface area (Å²) in [6.07, 6.45) is 4.38. The number of rotatable bonds is 6. The maximum absolute atomic E-state index is 12.1. The molecule has 1 aliphatic carbocycles. The van der Waals surface area contributed by atoms with Crippen LogP contribution in [0.3, 0.4) is 0 Å². The number of urea groups is 1. The van der Waals surface area contributed by atoms with Gasteiger partial charge in [0, 0.05) is 6.04 Å². The highest BCUT2D eigenvalue weighted by Gasteiger charge is 2.25. The van der Waals surface area contributed by atoms with Crippen molar-refractivity contribution in [1.82, 2.24) is 5.32 Å². The first-order valence-corrected chi connectivity index (χ1v) is 7.41. The molecule has 1 saturated carbocycles. The van der Waals surface area contributed by atoms with Crippen molar-refractivity contribution >= 4 is 17.7 Å². The summed E-state index contributed by atoms with van der Waals surface area (Å²) in [5, 5.41) is 14.8. The average Bonchev–Trinajstić information content (AvgIpc) is 3.24. The van der Waals surface area contributed by atoms with Crippen molar-refractivity contribution in [3.05, 3.63) is 29.3 Å². The van der Waals surface area contributed by atoms with E-state index in [9.17, 15) is 14.7 Å². The first-order valence-electron chi connectivity index (χ1n) is 7.41. The number of hydrogen-bond donors (Lipinski definition) is 3. The number of carbonyl (C=O) groups excluding carboxylic acids is 1. The van der Waals surface area contributed by atoms with Crippen LogP contribution in [-0.2, 0) is 0 Å². The Hall–Kier alpha value is -2.04. The number of amides is 2. The summed E-state index contributed by atoms with van der Waals surface area (Å²) < 4.78 is 0. The summed E-state index contributed by atoms with van der Waals surface area (Å²) >= 11 is 0.